The van der Waals surface area contributed by atoms with Crippen LogP contribution in [0.1, 0.15) is 45.1 Å². The molecule has 3 heteroatoms. The van der Waals surface area contributed by atoms with Crippen LogP contribution in [-0.2, 0) is 0 Å². The zero-order valence-corrected chi connectivity index (χ0v) is 14.0. The van der Waals surface area contributed by atoms with E-state index in [1.54, 1.807) is 0 Å². The highest BCUT2D eigenvalue weighted by Crippen LogP contribution is 2.33. The molecule has 1 aromatic carbocycles. The summed E-state index contributed by atoms with van der Waals surface area (Å²) < 4.78 is 0. The Morgan fingerprint density at radius 2 is 1.82 bits per heavy atom. The molecule has 0 saturated carbocycles. The molecule has 3 nitrogen and oxygen atoms in total. The first-order valence-corrected chi connectivity index (χ1v) is 8.56. The van der Waals surface area contributed by atoms with Crippen LogP contribution in [0.15, 0.2) is 24.4 Å². The molecule has 22 heavy (non-hydrogen) atoms. The van der Waals surface area contributed by atoms with Gasteiger partial charge in [0.05, 0.1) is 0 Å². The number of anilines is 2. The Labute approximate surface area is 133 Å². The summed E-state index contributed by atoms with van der Waals surface area (Å²) in [6, 6.07) is 6.98. The minimum atomic E-state index is 0.430. The van der Waals surface area contributed by atoms with Gasteiger partial charge in [-0.1, -0.05) is 25.0 Å². The van der Waals surface area contributed by atoms with Crippen LogP contribution >= 0.6 is 0 Å². The van der Waals surface area contributed by atoms with E-state index in [-0.39, 0.29) is 0 Å². The van der Waals surface area contributed by atoms with Crippen molar-refractivity contribution >= 4 is 22.3 Å². The van der Waals surface area contributed by atoms with Crippen LogP contribution in [0, 0.1) is 6.92 Å². The maximum Gasteiger partial charge on any atom is 0.136 e. The van der Waals surface area contributed by atoms with Crippen molar-refractivity contribution in [2.24, 2.45) is 0 Å². The van der Waals surface area contributed by atoms with E-state index in [2.05, 4.69) is 49.2 Å². The number of pyridine rings is 1. The fourth-order valence-electron chi connectivity index (χ4n) is 3.42. The standard InChI is InChI=1S/C19H27N3/c1-14(2)21-17-10-8-9-16-18(17)15(3)13-20-19(16)22-11-6-4-5-7-12-22/h8-10,13-14,21H,4-7,11-12H2,1-3H3. The third-order valence-corrected chi connectivity index (χ3v) is 4.43. The van der Waals surface area contributed by atoms with E-state index in [9.17, 15) is 0 Å². The molecule has 118 valence electrons. The Morgan fingerprint density at radius 1 is 1.09 bits per heavy atom. The second-order valence-corrected chi connectivity index (χ2v) is 6.69. The number of nitrogens with one attached hydrogen (secondary N) is 1. The quantitative estimate of drug-likeness (QED) is 0.886. The van der Waals surface area contributed by atoms with E-state index in [0.29, 0.717) is 6.04 Å². The summed E-state index contributed by atoms with van der Waals surface area (Å²) in [5.41, 5.74) is 2.47. The molecule has 0 amide bonds. The Balaban J connectivity index is 2.10. The van der Waals surface area contributed by atoms with Crippen molar-refractivity contribution in [3.63, 3.8) is 0 Å². The van der Waals surface area contributed by atoms with Crippen LogP contribution in [-0.4, -0.2) is 24.1 Å². The number of nitrogens with zero attached hydrogens (tertiary/aromatic N) is 2. The average molecular weight is 297 g/mol. The maximum atomic E-state index is 4.79. The van der Waals surface area contributed by atoms with E-state index in [4.69, 9.17) is 4.98 Å². The lowest BCUT2D eigenvalue weighted by Gasteiger charge is -2.24. The van der Waals surface area contributed by atoms with Crippen LogP contribution in [0.25, 0.3) is 10.8 Å². The van der Waals surface area contributed by atoms with Crippen LogP contribution in [0.2, 0.25) is 0 Å². The molecule has 2 aromatic rings. The predicted octanol–water partition coefficient (Wildman–Crippen LogP) is 4.74. The van der Waals surface area contributed by atoms with Crippen molar-refractivity contribution in [3.8, 4) is 0 Å². The SMILES string of the molecule is Cc1cnc(N2CCCCCC2)c2cccc(NC(C)C)c12. The van der Waals surface area contributed by atoms with Gasteiger partial charge in [0.2, 0.25) is 0 Å². The van der Waals surface area contributed by atoms with E-state index < -0.39 is 0 Å². The highest BCUT2D eigenvalue weighted by Gasteiger charge is 2.16. The number of fused-ring (bicyclic) bond motifs is 1. The summed E-state index contributed by atoms with van der Waals surface area (Å²) in [4.78, 5) is 7.27. The van der Waals surface area contributed by atoms with E-state index in [1.807, 2.05) is 6.20 Å². The van der Waals surface area contributed by atoms with Crippen LogP contribution in [0.5, 0.6) is 0 Å². The lowest BCUT2D eigenvalue weighted by Crippen LogP contribution is -2.25. The molecule has 1 fully saturated rings. The van der Waals surface area contributed by atoms with Gasteiger partial charge in [-0.3, -0.25) is 0 Å². The summed E-state index contributed by atoms with van der Waals surface area (Å²) in [6.45, 7) is 8.79. The maximum absolute atomic E-state index is 4.79. The molecule has 1 aliphatic heterocycles. The van der Waals surface area contributed by atoms with Gasteiger partial charge in [-0.15, -0.1) is 0 Å². The highest BCUT2D eigenvalue weighted by molar-refractivity contribution is 6.02. The van der Waals surface area contributed by atoms with Crippen molar-refractivity contribution < 1.29 is 0 Å². The summed E-state index contributed by atoms with van der Waals surface area (Å²) in [5.74, 6) is 1.16. The average Bonchev–Trinajstić information content (AvgIpc) is 2.76. The van der Waals surface area contributed by atoms with E-state index in [1.165, 1.54) is 47.7 Å². The minimum absolute atomic E-state index is 0.430. The summed E-state index contributed by atoms with van der Waals surface area (Å²) >= 11 is 0. The molecule has 0 unspecified atom stereocenters. The lowest BCUT2D eigenvalue weighted by atomic mass is 10.0. The molecular formula is C19H27N3. The normalized spacial score (nSPS) is 16.1. The second-order valence-electron chi connectivity index (χ2n) is 6.69. The molecular weight excluding hydrogens is 270 g/mol. The van der Waals surface area contributed by atoms with Gasteiger partial charge in [0.25, 0.3) is 0 Å². The van der Waals surface area contributed by atoms with Crippen molar-refractivity contribution in [1.82, 2.24) is 4.98 Å². The zero-order valence-electron chi connectivity index (χ0n) is 14.0. The Hall–Kier alpha value is -1.77. The van der Waals surface area contributed by atoms with Gasteiger partial charge in [-0.05, 0) is 45.2 Å². The van der Waals surface area contributed by atoms with Gasteiger partial charge < -0.3 is 10.2 Å². The molecule has 3 rings (SSSR count). The third kappa shape index (κ3) is 3.03. The minimum Gasteiger partial charge on any atom is -0.382 e. The van der Waals surface area contributed by atoms with Gasteiger partial charge in [0, 0.05) is 41.8 Å². The lowest BCUT2D eigenvalue weighted by molar-refractivity contribution is 0.726. The largest absolute Gasteiger partial charge is 0.382 e. The number of aromatic nitrogens is 1. The Bertz CT molecular complexity index is 640. The summed E-state index contributed by atoms with van der Waals surface area (Å²) in [5, 5.41) is 6.19. The van der Waals surface area contributed by atoms with Gasteiger partial charge in [0.15, 0.2) is 0 Å². The molecule has 1 aromatic heterocycles. The van der Waals surface area contributed by atoms with Crippen molar-refractivity contribution in [2.75, 3.05) is 23.3 Å². The molecule has 1 saturated heterocycles. The van der Waals surface area contributed by atoms with Crippen LogP contribution in [0.3, 0.4) is 0 Å². The molecule has 0 aliphatic carbocycles. The summed E-state index contributed by atoms with van der Waals surface area (Å²) in [6.07, 6.45) is 7.29. The molecule has 0 bridgehead atoms. The van der Waals surface area contributed by atoms with E-state index in [0.717, 1.165) is 18.9 Å². The first-order valence-electron chi connectivity index (χ1n) is 8.56. The monoisotopic (exact) mass is 297 g/mol. The number of hydrogen-bond acceptors (Lipinski definition) is 3. The fraction of sp³-hybridized carbons (Fsp3) is 0.526. The topological polar surface area (TPSA) is 28.2 Å². The number of rotatable bonds is 3. The molecule has 0 radical (unpaired) electrons. The van der Waals surface area contributed by atoms with Gasteiger partial charge >= 0.3 is 0 Å². The summed E-state index contributed by atoms with van der Waals surface area (Å²) in [7, 11) is 0. The predicted molar refractivity (Wildman–Crippen MR) is 95.9 cm³/mol. The van der Waals surface area contributed by atoms with Crippen LogP contribution in [0.4, 0.5) is 11.5 Å². The molecule has 2 heterocycles. The van der Waals surface area contributed by atoms with Crippen LogP contribution < -0.4 is 10.2 Å². The number of benzene rings is 1. The zero-order chi connectivity index (χ0) is 15.5. The molecule has 1 aliphatic rings. The Kier molecular flexibility index (Phi) is 4.51. The molecule has 0 atom stereocenters. The number of aryl methyl sites for hydroxylation is 1. The molecule has 1 N–H and O–H groups in total. The van der Waals surface area contributed by atoms with Crippen molar-refractivity contribution in [3.05, 3.63) is 30.0 Å². The first kappa shape index (κ1) is 15.1. The van der Waals surface area contributed by atoms with Gasteiger partial charge in [0.1, 0.15) is 5.82 Å². The van der Waals surface area contributed by atoms with E-state index >= 15 is 0 Å². The van der Waals surface area contributed by atoms with Crippen molar-refractivity contribution in [1.29, 1.82) is 0 Å². The van der Waals surface area contributed by atoms with Gasteiger partial charge in [-0.2, -0.15) is 0 Å². The first-order chi connectivity index (χ1) is 10.7. The van der Waals surface area contributed by atoms with Crippen molar-refractivity contribution in [2.45, 2.75) is 52.5 Å². The second kappa shape index (κ2) is 6.55. The highest BCUT2D eigenvalue weighted by atomic mass is 15.2. The fourth-order valence-corrected chi connectivity index (χ4v) is 3.42. The molecule has 0 spiro atoms. The van der Waals surface area contributed by atoms with Gasteiger partial charge in [-0.25, -0.2) is 4.98 Å². The smallest absolute Gasteiger partial charge is 0.136 e. The Morgan fingerprint density at radius 3 is 2.50 bits per heavy atom. The number of hydrogen-bond donors (Lipinski definition) is 1. The third-order valence-electron chi connectivity index (χ3n) is 4.43.